The van der Waals surface area contributed by atoms with Crippen LogP contribution in [0.1, 0.15) is 32.1 Å². The molecule has 2 amide bonds. The molecule has 1 aliphatic carbocycles. The van der Waals surface area contributed by atoms with Crippen LogP contribution in [0.4, 0.5) is 0 Å². The predicted molar refractivity (Wildman–Crippen MR) is 70.2 cm³/mol. The van der Waals surface area contributed by atoms with Crippen molar-refractivity contribution in [2.45, 2.75) is 38.1 Å². The minimum absolute atomic E-state index is 0.0263. The van der Waals surface area contributed by atoms with Crippen molar-refractivity contribution in [3.05, 3.63) is 0 Å². The summed E-state index contributed by atoms with van der Waals surface area (Å²) >= 11 is 0. The molecule has 3 aliphatic rings. The number of hydrogen-bond donors (Lipinski definition) is 2. The average Bonchev–Trinajstić information content (AvgIpc) is 2.84. The van der Waals surface area contributed by atoms with Gasteiger partial charge in [-0.3, -0.25) is 9.59 Å². The maximum atomic E-state index is 12.4. The standard InChI is InChI=1S/C13H20N4O2/c14-10-3-1-2-8-6-17(7-9(8)10)13(19)11-4-5-12(18)16-15-11/h8-10H,1-7,14H2,(H,16,18). The molecule has 6 nitrogen and oxygen atoms in total. The number of carbonyl (C=O) groups excluding carboxylic acids is 2. The maximum absolute atomic E-state index is 12.4. The molecular weight excluding hydrogens is 244 g/mol. The Morgan fingerprint density at radius 1 is 1.32 bits per heavy atom. The summed E-state index contributed by atoms with van der Waals surface area (Å²) in [5, 5.41) is 3.89. The first-order valence-corrected chi connectivity index (χ1v) is 7.05. The van der Waals surface area contributed by atoms with Gasteiger partial charge >= 0.3 is 0 Å². The predicted octanol–water partition coefficient (Wildman–Crippen LogP) is -0.162. The van der Waals surface area contributed by atoms with Gasteiger partial charge in [0.15, 0.2) is 0 Å². The van der Waals surface area contributed by atoms with Crippen LogP contribution < -0.4 is 11.2 Å². The fraction of sp³-hybridized carbons (Fsp3) is 0.769. The fourth-order valence-electron chi connectivity index (χ4n) is 3.49. The minimum Gasteiger partial charge on any atom is -0.337 e. The molecule has 3 unspecified atom stereocenters. The van der Waals surface area contributed by atoms with Gasteiger partial charge in [0.05, 0.1) is 0 Å². The Morgan fingerprint density at radius 2 is 2.16 bits per heavy atom. The van der Waals surface area contributed by atoms with Gasteiger partial charge in [0.1, 0.15) is 5.71 Å². The van der Waals surface area contributed by atoms with Crippen LogP contribution in [-0.4, -0.2) is 41.6 Å². The van der Waals surface area contributed by atoms with Gasteiger partial charge in [-0.25, -0.2) is 5.43 Å². The summed E-state index contributed by atoms with van der Waals surface area (Å²) in [6.07, 6.45) is 4.21. The highest BCUT2D eigenvalue weighted by Gasteiger charge is 2.41. The molecule has 0 aromatic heterocycles. The molecule has 3 atom stereocenters. The van der Waals surface area contributed by atoms with Crippen molar-refractivity contribution in [2.24, 2.45) is 22.7 Å². The highest BCUT2D eigenvalue weighted by Crippen LogP contribution is 2.35. The molecule has 1 saturated heterocycles. The molecule has 2 fully saturated rings. The average molecular weight is 264 g/mol. The quantitative estimate of drug-likeness (QED) is 0.689. The number of rotatable bonds is 1. The summed E-state index contributed by atoms with van der Waals surface area (Å²) < 4.78 is 0. The van der Waals surface area contributed by atoms with Crippen molar-refractivity contribution in [1.82, 2.24) is 10.3 Å². The topological polar surface area (TPSA) is 87.8 Å². The van der Waals surface area contributed by atoms with Crippen LogP contribution >= 0.6 is 0 Å². The Bertz CT molecular complexity index is 434. The van der Waals surface area contributed by atoms with Crippen LogP contribution in [0.25, 0.3) is 0 Å². The molecule has 3 N–H and O–H groups in total. The highest BCUT2D eigenvalue weighted by atomic mass is 16.2. The van der Waals surface area contributed by atoms with E-state index in [-0.39, 0.29) is 17.9 Å². The Balaban J connectivity index is 1.67. The van der Waals surface area contributed by atoms with E-state index in [1.165, 1.54) is 12.8 Å². The second-order valence-corrected chi connectivity index (χ2v) is 5.82. The lowest BCUT2D eigenvalue weighted by molar-refractivity contribution is -0.124. The summed E-state index contributed by atoms with van der Waals surface area (Å²) in [6, 6.07) is 0.226. The first-order chi connectivity index (χ1) is 9.15. The number of fused-ring (bicyclic) bond motifs is 1. The third-order valence-electron chi connectivity index (χ3n) is 4.59. The van der Waals surface area contributed by atoms with E-state index in [2.05, 4.69) is 10.5 Å². The number of hydrazone groups is 1. The van der Waals surface area contributed by atoms with Gasteiger partial charge in [-0.15, -0.1) is 0 Å². The van der Waals surface area contributed by atoms with E-state index < -0.39 is 0 Å². The molecule has 2 heterocycles. The van der Waals surface area contributed by atoms with Crippen LogP contribution in [0.3, 0.4) is 0 Å². The van der Waals surface area contributed by atoms with E-state index >= 15 is 0 Å². The largest absolute Gasteiger partial charge is 0.337 e. The molecule has 104 valence electrons. The molecule has 0 spiro atoms. The summed E-state index contributed by atoms with van der Waals surface area (Å²) in [7, 11) is 0. The number of hydrogen-bond acceptors (Lipinski definition) is 4. The van der Waals surface area contributed by atoms with Crippen molar-refractivity contribution in [3.8, 4) is 0 Å². The molecular formula is C13H20N4O2. The van der Waals surface area contributed by atoms with Gasteiger partial charge in [0.25, 0.3) is 5.91 Å². The Hall–Kier alpha value is -1.43. The van der Waals surface area contributed by atoms with Crippen LogP contribution in [0.15, 0.2) is 5.10 Å². The van der Waals surface area contributed by atoms with Gasteiger partial charge in [0, 0.05) is 32.0 Å². The monoisotopic (exact) mass is 264 g/mol. The van der Waals surface area contributed by atoms with Gasteiger partial charge in [-0.2, -0.15) is 5.10 Å². The molecule has 19 heavy (non-hydrogen) atoms. The zero-order chi connectivity index (χ0) is 13.4. The summed E-state index contributed by atoms with van der Waals surface area (Å²) in [5.74, 6) is 0.846. The van der Waals surface area contributed by atoms with E-state index in [0.717, 1.165) is 19.5 Å². The van der Waals surface area contributed by atoms with Crippen molar-refractivity contribution in [2.75, 3.05) is 13.1 Å². The molecule has 1 saturated carbocycles. The smallest absolute Gasteiger partial charge is 0.270 e. The summed E-state index contributed by atoms with van der Waals surface area (Å²) in [5.41, 5.74) is 9.02. The normalized spacial score (nSPS) is 34.6. The van der Waals surface area contributed by atoms with Gasteiger partial charge < -0.3 is 10.6 Å². The Labute approximate surface area is 112 Å². The van der Waals surface area contributed by atoms with Crippen molar-refractivity contribution in [3.63, 3.8) is 0 Å². The minimum atomic E-state index is -0.117. The lowest BCUT2D eigenvalue weighted by atomic mass is 9.78. The number of likely N-dealkylation sites (tertiary alicyclic amines) is 1. The number of carbonyl (C=O) groups is 2. The third kappa shape index (κ3) is 2.36. The number of nitrogens with zero attached hydrogens (tertiary/aromatic N) is 2. The summed E-state index contributed by atoms with van der Waals surface area (Å²) in [4.78, 5) is 25.3. The second kappa shape index (κ2) is 4.92. The molecule has 3 rings (SSSR count). The zero-order valence-electron chi connectivity index (χ0n) is 11.0. The highest BCUT2D eigenvalue weighted by molar-refractivity contribution is 6.39. The lowest BCUT2D eigenvalue weighted by Gasteiger charge is -2.29. The molecule has 0 aromatic rings. The Morgan fingerprint density at radius 3 is 2.84 bits per heavy atom. The van der Waals surface area contributed by atoms with Gasteiger partial charge in [-0.1, -0.05) is 6.42 Å². The SMILES string of the molecule is NC1CCCC2CN(C(=O)C3=NNC(=O)CC3)CC12. The van der Waals surface area contributed by atoms with Crippen LogP contribution in [-0.2, 0) is 9.59 Å². The van der Waals surface area contributed by atoms with Crippen LogP contribution in [0, 0.1) is 11.8 Å². The number of amides is 2. The maximum Gasteiger partial charge on any atom is 0.270 e. The first-order valence-electron chi connectivity index (χ1n) is 7.05. The first kappa shape index (κ1) is 12.6. The third-order valence-corrected chi connectivity index (χ3v) is 4.59. The van der Waals surface area contributed by atoms with Crippen molar-refractivity contribution >= 4 is 17.5 Å². The second-order valence-electron chi connectivity index (χ2n) is 5.82. The van der Waals surface area contributed by atoms with E-state index in [4.69, 9.17) is 5.73 Å². The van der Waals surface area contributed by atoms with E-state index in [9.17, 15) is 9.59 Å². The molecule has 6 heteroatoms. The van der Waals surface area contributed by atoms with Crippen LogP contribution in [0.2, 0.25) is 0 Å². The Kier molecular flexibility index (Phi) is 3.26. The molecule has 2 aliphatic heterocycles. The number of nitrogens with one attached hydrogen (secondary N) is 1. The van der Waals surface area contributed by atoms with Crippen LogP contribution in [0.5, 0.6) is 0 Å². The van der Waals surface area contributed by atoms with E-state index in [1.54, 1.807) is 0 Å². The van der Waals surface area contributed by atoms with Crippen molar-refractivity contribution in [1.29, 1.82) is 0 Å². The van der Waals surface area contributed by atoms with Crippen molar-refractivity contribution < 1.29 is 9.59 Å². The fourth-order valence-corrected chi connectivity index (χ4v) is 3.49. The van der Waals surface area contributed by atoms with E-state index in [1.807, 2.05) is 4.90 Å². The summed E-state index contributed by atoms with van der Waals surface area (Å²) in [6.45, 7) is 1.54. The number of nitrogens with two attached hydrogens (primary N) is 1. The van der Waals surface area contributed by atoms with Gasteiger partial charge in [-0.05, 0) is 24.7 Å². The molecule has 0 bridgehead atoms. The molecule has 0 radical (unpaired) electrons. The zero-order valence-corrected chi connectivity index (χ0v) is 11.0. The van der Waals surface area contributed by atoms with E-state index in [0.29, 0.717) is 30.4 Å². The lowest BCUT2D eigenvalue weighted by Crippen LogP contribution is -2.40. The molecule has 0 aromatic carbocycles. The van der Waals surface area contributed by atoms with Gasteiger partial charge in [0.2, 0.25) is 5.91 Å².